The van der Waals surface area contributed by atoms with Crippen LogP contribution < -0.4 is 0 Å². The van der Waals surface area contributed by atoms with Crippen LogP contribution in [-0.4, -0.2) is 11.3 Å². The predicted octanol–water partition coefficient (Wildman–Crippen LogP) is 3.00. The Morgan fingerprint density at radius 1 is 1.53 bits per heavy atom. The lowest BCUT2D eigenvalue weighted by Crippen LogP contribution is -1.92. The molecule has 2 nitrogen and oxygen atoms in total. The molecule has 0 saturated carbocycles. The number of nitrogens with one attached hydrogen (secondary N) is 1. The molecule has 0 bridgehead atoms. The van der Waals surface area contributed by atoms with Crippen molar-refractivity contribution in [2.75, 3.05) is 0 Å². The molecule has 1 heterocycles. The highest BCUT2D eigenvalue weighted by atomic mass is 19.1. The van der Waals surface area contributed by atoms with Gasteiger partial charge in [-0.15, -0.1) is 0 Å². The molecule has 0 amide bonds. The van der Waals surface area contributed by atoms with Crippen LogP contribution in [0.25, 0.3) is 10.9 Å². The van der Waals surface area contributed by atoms with Gasteiger partial charge in [0.25, 0.3) is 0 Å². The molecule has 2 rings (SSSR count). The summed E-state index contributed by atoms with van der Waals surface area (Å²) in [5.41, 5.74) is 1.90. The second-order valence-electron chi connectivity index (χ2n) is 3.74. The van der Waals surface area contributed by atoms with E-state index in [1.165, 1.54) is 12.1 Å². The first kappa shape index (κ1) is 9.90. The molecular weight excluding hydrogens is 193 g/mol. The molecule has 1 aromatic carbocycles. The van der Waals surface area contributed by atoms with Gasteiger partial charge in [0.2, 0.25) is 0 Å². The van der Waals surface area contributed by atoms with E-state index in [0.29, 0.717) is 6.42 Å². The van der Waals surface area contributed by atoms with Crippen LogP contribution in [-0.2, 0) is 4.79 Å². The highest BCUT2D eigenvalue weighted by Gasteiger charge is 2.11. The minimum absolute atomic E-state index is 0.123. The van der Waals surface area contributed by atoms with Crippen LogP contribution in [0.2, 0.25) is 0 Å². The van der Waals surface area contributed by atoms with Gasteiger partial charge in [0.1, 0.15) is 12.1 Å². The van der Waals surface area contributed by atoms with E-state index in [1.54, 1.807) is 6.07 Å². The number of carbonyl (C=O) groups is 1. The Morgan fingerprint density at radius 3 is 3.07 bits per heavy atom. The van der Waals surface area contributed by atoms with E-state index in [4.69, 9.17) is 0 Å². The Hall–Kier alpha value is -1.64. The zero-order valence-electron chi connectivity index (χ0n) is 8.46. The summed E-state index contributed by atoms with van der Waals surface area (Å²) < 4.78 is 13.1. The predicted molar refractivity (Wildman–Crippen MR) is 57.4 cm³/mol. The zero-order chi connectivity index (χ0) is 10.8. The highest BCUT2D eigenvalue weighted by molar-refractivity contribution is 5.84. The maximum atomic E-state index is 13.1. The van der Waals surface area contributed by atoms with Crippen LogP contribution in [0, 0.1) is 5.82 Å². The molecule has 15 heavy (non-hydrogen) atoms. The van der Waals surface area contributed by atoms with Crippen LogP contribution >= 0.6 is 0 Å². The van der Waals surface area contributed by atoms with Crippen molar-refractivity contribution in [2.45, 2.75) is 19.3 Å². The zero-order valence-corrected chi connectivity index (χ0v) is 8.46. The fourth-order valence-electron chi connectivity index (χ4n) is 1.79. The smallest absolute Gasteiger partial charge is 0.123 e. The van der Waals surface area contributed by atoms with Gasteiger partial charge in [-0.05, 0) is 29.7 Å². The van der Waals surface area contributed by atoms with Gasteiger partial charge in [0.15, 0.2) is 0 Å². The third-order valence-electron chi connectivity index (χ3n) is 2.66. The lowest BCUT2D eigenvalue weighted by atomic mass is 9.98. The van der Waals surface area contributed by atoms with E-state index in [0.717, 1.165) is 22.8 Å². The Bertz CT molecular complexity index is 489. The quantitative estimate of drug-likeness (QED) is 0.767. The van der Waals surface area contributed by atoms with Crippen molar-refractivity contribution in [3.63, 3.8) is 0 Å². The minimum Gasteiger partial charge on any atom is -0.361 e. The number of H-pyrrole nitrogens is 1. The Morgan fingerprint density at radius 2 is 2.33 bits per heavy atom. The molecule has 0 radical (unpaired) electrons. The molecule has 0 spiro atoms. The normalized spacial score (nSPS) is 12.9. The number of aldehydes is 1. The molecular formula is C12H12FNO. The van der Waals surface area contributed by atoms with Gasteiger partial charge in [-0.2, -0.15) is 0 Å². The number of benzene rings is 1. The van der Waals surface area contributed by atoms with E-state index < -0.39 is 0 Å². The van der Waals surface area contributed by atoms with Crippen molar-refractivity contribution < 1.29 is 9.18 Å². The third-order valence-corrected chi connectivity index (χ3v) is 2.66. The van der Waals surface area contributed by atoms with E-state index in [-0.39, 0.29) is 11.7 Å². The summed E-state index contributed by atoms with van der Waals surface area (Å²) in [6.07, 6.45) is 3.20. The second-order valence-corrected chi connectivity index (χ2v) is 3.74. The molecule has 3 heteroatoms. The van der Waals surface area contributed by atoms with Gasteiger partial charge in [-0.25, -0.2) is 4.39 Å². The van der Waals surface area contributed by atoms with Crippen molar-refractivity contribution in [1.29, 1.82) is 0 Å². The summed E-state index contributed by atoms with van der Waals surface area (Å²) in [5.74, 6) is -0.125. The number of fused-ring (bicyclic) bond motifs is 1. The highest BCUT2D eigenvalue weighted by Crippen LogP contribution is 2.27. The SMILES string of the molecule is CC(CC=O)c1c[nH]c2ccc(F)cc12. The topological polar surface area (TPSA) is 32.9 Å². The standard InChI is InChI=1S/C12H12FNO/c1-8(4-5-15)11-7-14-12-3-2-9(13)6-10(11)12/h2-3,5-8,14H,4H2,1H3. The van der Waals surface area contributed by atoms with Gasteiger partial charge < -0.3 is 9.78 Å². The molecule has 78 valence electrons. The molecule has 0 saturated heterocycles. The molecule has 1 unspecified atom stereocenters. The Labute approximate surface area is 87.1 Å². The molecule has 2 aromatic rings. The average Bonchev–Trinajstić information content (AvgIpc) is 2.60. The van der Waals surface area contributed by atoms with Crippen LogP contribution in [0.15, 0.2) is 24.4 Å². The maximum Gasteiger partial charge on any atom is 0.123 e. The fraction of sp³-hybridized carbons (Fsp3) is 0.250. The number of hydrogen-bond acceptors (Lipinski definition) is 1. The van der Waals surface area contributed by atoms with Crippen LogP contribution in [0.4, 0.5) is 4.39 Å². The first-order chi connectivity index (χ1) is 7.22. The van der Waals surface area contributed by atoms with Gasteiger partial charge in [0.05, 0.1) is 0 Å². The van der Waals surface area contributed by atoms with E-state index >= 15 is 0 Å². The van der Waals surface area contributed by atoms with Crippen LogP contribution in [0.1, 0.15) is 24.8 Å². The second kappa shape index (κ2) is 3.85. The molecule has 0 aliphatic rings. The summed E-state index contributed by atoms with van der Waals surface area (Å²) in [7, 11) is 0. The number of aromatic amines is 1. The number of halogens is 1. The average molecular weight is 205 g/mol. The summed E-state index contributed by atoms with van der Waals surface area (Å²) in [5, 5.41) is 0.865. The molecule has 0 fully saturated rings. The largest absolute Gasteiger partial charge is 0.361 e. The Balaban J connectivity index is 2.51. The van der Waals surface area contributed by atoms with Crippen LogP contribution in [0.5, 0.6) is 0 Å². The molecule has 1 atom stereocenters. The molecule has 0 aliphatic heterocycles. The first-order valence-electron chi connectivity index (χ1n) is 4.92. The molecule has 1 aromatic heterocycles. The summed E-state index contributed by atoms with van der Waals surface area (Å²) in [4.78, 5) is 13.5. The first-order valence-corrected chi connectivity index (χ1v) is 4.92. The summed E-state index contributed by atoms with van der Waals surface area (Å²) in [6, 6.07) is 4.64. The van der Waals surface area contributed by atoms with Crippen molar-refractivity contribution >= 4 is 17.2 Å². The maximum absolute atomic E-state index is 13.1. The van der Waals surface area contributed by atoms with E-state index in [2.05, 4.69) is 4.98 Å². The third kappa shape index (κ3) is 1.77. The lowest BCUT2D eigenvalue weighted by molar-refractivity contribution is -0.108. The lowest BCUT2D eigenvalue weighted by Gasteiger charge is -2.05. The van der Waals surface area contributed by atoms with Gasteiger partial charge >= 0.3 is 0 Å². The minimum atomic E-state index is -0.248. The van der Waals surface area contributed by atoms with Gasteiger partial charge in [-0.1, -0.05) is 6.92 Å². The Kier molecular flexibility index (Phi) is 2.54. The van der Waals surface area contributed by atoms with Crippen molar-refractivity contribution in [3.05, 3.63) is 35.8 Å². The van der Waals surface area contributed by atoms with Gasteiger partial charge in [0, 0.05) is 23.5 Å². The molecule has 0 aliphatic carbocycles. The summed E-state index contributed by atoms with van der Waals surface area (Å²) >= 11 is 0. The van der Waals surface area contributed by atoms with Crippen LogP contribution in [0.3, 0.4) is 0 Å². The number of carbonyl (C=O) groups excluding carboxylic acids is 1. The number of rotatable bonds is 3. The summed E-state index contributed by atoms with van der Waals surface area (Å²) in [6.45, 7) is 1.96. The molecule has 1 N–H and O–H groups in total. The van der Waals surface area contributed by atoms with Crippen molar-refractivity contribution in [1.82, 2.24) is 4.98 Å². The van der Waals surface area contributed by atoms with E-state index in [1.807, 2.05) is 13.1 Å². The van der Waals surface area contributed by atoms with Crippen molar-refractivity contribution in [3.8, 4) is 0 Å². The fourth-order valence-corrected chi connectivity index (χ4v) is 1.79. The monoisotopic (exact) mass is 205 g/mol. The van der Waals surface area contributed by atoms with E-state index in [9.17, 15) is 9.18 Å². The number of hydrogen-bond donors (Lipinski definition) is 1. The van der Waals surface area contributed by atoms with Gasteiger partial charge in [-0.3, -0.25) is 0 Å². The number of aromatic nitrogens is 1. The van der Waals surface area contributed by atoms with Crippen molar-refractivity contribution in [2.24, 2.45) is 0 Å².